The Morgan fingerprint density at radius 3 is 2.67 bits per heavy atom. The molecule has 4 aliphatic rings. The molecule has 4 aromatic rings. The third-order valence-electron chi connectivity index (χ3n) is 8.71. The summed E-state index contributed by atoms with van der Waals surface area (Å²) in [5, 5.41) is 0.640. The Morgan fingerprint density at radius 1 is 1.14 bits per heavy atom. The summed E-state index contributed by atoms with van der Waals surface area (Å²) < 4.78 is 43.9. The highest BCUT2D eigenvalue weighted by Gasteiger charge is 2.71. The molecular formula is C26H23F3N6O. The van der Waals surface area contributed by atoms with E-state index in [2.05, 4.69) is 9.97 Å². The van der Waals surface area contributed by atoms with Gasteiger partial charge in [0, 0.05) is 37.8 Å². The molecule has 0 bridgehead atoms. The minimum absolute atomic E-state index is 0.0167. The standard InChI is InChI=1S/C26H23F3N6O/c1-33-23-17(7-14(9-30-23)25(36)35-11-15-6-16-20(15)21(16)35)31-24(33)18-8-13-4-5-19(26(27,28)29)32-22(13)34(18)10-12-2-3-12/h4-5,7-9,12,15-16,20-21H,2-3,6,10-11H2,1H3/t15-,16?,20+,21-/m1/s1. The van der Waals surface area contributed by atoms with Crippen LogP contribution in [0.3, 0.4) is 0 Å². The first kappa shape index (κ1) is 20.7. The first-order valence-corrected chi connectivity index (χ1v) is 12.5. The van der Waals surface area contributed by atoms with Crippen molar-refractivity contribution >= 4 is 28.1 Å². The van der Waals surface area contributed by atoms with Crippen molar-refractivity contribution in [3.05, 3.63) is 41.7 Å². The summed E-state index contributed by atoms with van der Waals surface area (Å²) in [6.07, 6.45) is 0.466. The number of aryl methyl sites for hydroxylation is 1. The summed E-state index contributed by atoms with van der Waals surface area (Å²) in [7, 11) is 1.84. The number of hydrogen-bond acceptors (Lipinski definition) is 4. The largest absolute Gasteiger partial charge is 0.433 e. The van der Waals surface area contributed by atoms with Gasteiger partial charge >= 0.3 is 6.18 Å². The minimum atomic E-state index is -4.51. The Balaban J connectivity index is 1.22. The van der Waals surface area contributed by atoms with Gasteiger partial charge in [-0.1, -0.05) is 0 Å². The molecule has 3 saturated carbocycles. The van der Waals surface area contributed by atoms with Gasteiger partial charge in [0.2, 0.25) is 0 Å². The zero-order valence-corrected chi connectivity index (χ0v) is 19.5. The molecule has 1 aliphatic heterocycles. The summed E-state index contributed by atoms with van der Waals surface area (Å²) in [5.41, 5.74) is 1.88. The Hall–Kier alpha value is -3.43. The van der Waals surface area contributed by atoms with Crippen LogP contribution in [0.25, 0.3) is 33.7 Å². The number of likely N-dealkylation sites (tertiary alicyclic amines) is 1. The second-order valence-corrected chi connectivity index (χ2v) is 10.9. The maximum absolute atomic E-state index is 13.4. The van der Waals surface area contributed by atoms with E-state index in [4.69, 9.17) is 4.98 Å². The smallest absolute Gasteiger partial charge is 0.335 e. The molecule has 1 amide bonds. The first-order valence-electron chi connectivity index (χ1n) is 12.5. The van der Waals surface area contributed by atoms with E-state index >= 15 is 0 Å². The van der Waals surface area contributed by atoms with Crippen molar-refractivity contribution in [2.24, 2.45) is 30.7 Å². The Bertz CT molecular complexity index is 1600. The number of nitrogens with zero attached hydrogens (tertiary/aromatic N) is 6. The van der Waals surface area contributed by atoms with Crippen LogP contribution in [0.2, 0.25) is 0 Å². The van der Waals surface area contributed by atoms with E-state index in [-0.39, 0.29) is 5.91 Å². The molecule has 0 spiro atoms. The number of fused-ring (bicyclic) bond motifs is 3. The lowest BCUT2D eigenvalue weighted by molar-refractivity contribution is -0.141. The molecule has 10 heteroatoms. The highest BCUT2D eigenvalue weighted by molar-refractivity contribution is 5.97. The SMILES string of the molecule is Cn1c(-c2cc3ccc(C(F)(F)F)nc3n2CC2CC2)nc2cc(C(=O)N3C[C@H]4CC5[C@H]4[C@@H]53)cnc21. The van der Waals surface area contributed by atoms with Crippen LogP contribution in [0.1, 0.15) is 35.3 Å². The molecule has 0 N–H and O–H groups in total. The Labute approximate surface area is 203 Å². The summed E-state index contributed by atoms with van der Waals surface area (Å²) in [6.45, 7) is 1.43. The third kappa shape index (κ3) is 2.81. The average molecular weight is 493 g/mol. The van der Waals surface area contributed by atoms with Crippen molar-refractivity contribution in [3.63, 3.8) is 0 Å². The number of halogens is 3. The number of pyridine rings is 2. The molecule has 3 aliphatic carbocycles. The van der Waals surface area contributed by atoms with Gasteiger partial charge in [-0.05, 0) is 67.2 Å². The van der Waals surface area contributed by atoms with Crippen molar-refractivity contribution in [1.29, 1.82) is 0 Å². The van der Waals surface area contributed by atoms with Gasteiger partial charge in [0.25, 0.3) is 5.91 Å². The van der Waals surface area contributed by atoms with Crippen molar-refractivity contribution in [1.82, 2.24) is 29.0 Å². The van der Waals surface area contributed by atoms with Gasteiger partial charge in [-0.3, -0.25) is 4.79 Å². The molecule has 0 aromatic carbocycles. The van der Waals surface area contributed by atoms with Gasteiger partial charge in [0.05, 0.1) is 11.3 Å². The summed E-state index contributed by atoms with van der Waals surface area (Å²) in [6, 6.07) is 6.55. The van der Waals surface area contributed by atoms with E-state index in [1.54, 1.807) is 12.3 Å². The fourth-order valence-corrected chi connectivity index (χ4v) is 6.65. The van der Waals surface area contributed by atoms with Crippen molar-refractivity contribution in [3.8, 4) is 11.5 Å². The average Bonchev–Trinajstić information content (AvgIpc) is 3.65. The molecule has 36 heavy (non-hydrogen) atoms. The van der Waals surface area contributed by atoms with Gasteiger partial charge < -0.3 is 14.0 Å². The predicted octanol–water partition coefficient (Wildman–Crippen LogP) is 4.50. The fourth-order valence-electron chi connectivity index (χ4n) is 6.65. The second kappa shape index (κ2) is 6.66. The van der Waals surface area contributed by atoms with Crippen LogP contribution in [-0.2, 0) is 19.8 Å². The van der Waals surface area contributed by atoms with Crippen molar-refractivity contribution in [2.45, 2.75) is 38.0 Å². The van der Waals surface area contributed by atoms with Gasteiger partial charge in [-0.15, -0.1) is 0 Å². The maximum atomic E-state index is 13.4. The van der Waals surface area contributed by atoms with Crippen LogP contribution in [0.5, 0.6) is 0 Å². The minimum Gasteiger partial charge on any atom is -0.335 e. The maximum Gasteiger partial charge on any atom is 0.433 e. The van der Waals surface area contributed by atoms with E-state index in [1.807, 2.05) is 27.1 Å². The summed E-state index contributed by atoms with van der Waals surface area (Å²) >= 11 is 0. The highest BCUT2D eigenvalue weighted by Crippen LogP contribution is 2.67. The van der Waals surface area contributed by atoms with E-state index < -0.39 is 11.9 Å². The number of hydrogen-bond donors (Lipinski definition) is 0. The van der Waals surface area contributed by atoms with E-state index in [0.29, 0.717) is 75.5 Å². The number of rotatable bonds is 4. The number of carbonyl (C=O) groups is 1. The molecule has 1 saturated heterocycles. The quantitative estimate of drug-likeness (QED) is 0.421. The normalized spacial score (nSPS) is 26.5. The Morgan fingerprint density at radius 2 is 1.97 bits per heavy atom. The van der Waals surface area contributed by atoms with E-state index in [1.165, 1.54) is 12.5 Å². The monoisotopic (exact) mass is 492 g/mol. The number of alkyl halides is 3. The van der Waals surface area contributed by atoms with Crippen LogP contribution in [-0.4, -0.2) is 47.5 Å². The zero-order chi connectivity index (χ0) is 24.5. The van der Waals surface area contributed by atoms with Gasteiger partial charge in [-0.25, -0.2) is 15.0 Å². The molecule has 1 unspecified atom stereocenters. The molecule has 4 aromatic heterocycles. The Kier molecular flexibility index (Phi) is 3.83. The number of carbonyl (C=O) groups excluding carboxylic acids is 1. The number of aromatic nitrogens is 5. The zero-order valence-electron chi connectivity index (χ0n) is 19.5. The topological polar surface area (TPSA) is 68.8 Å². The number of amides is 1. The molecule has 4 atom stereocenters. The van der Waals surface area contributed by atoms with Crippen LogP contribution in [0.15, 0.2) is 30.5 Å². The summed E-state index contributed by atoms with van der Waals surface area (Å²) in [5.74, 6) is 3.12. The molecule has 7 nitrogen and oxygen atoms in total. The van der Waals surface area contributed by atoms with Crippen LogP contribution < -0.4 is 0 Å². The van der Waals surface area contributed by atoms with Gasteiger partial charge in [0.1, 0.15) is 16.9 Å². The summed E-state index contributed by atoms with van der Waals surface area (Å²) in [4.78, 5) is 28.6. The van der Waals surface area contributed by atoms with E-state index in [9.17, 15) is 18.0 Å². The van der Waals surface area contributed by atoms with Gasteiger partial charge in [-0.2, -0.15) is 13.2 Å². The molecule has 8 rings (SSSR count). The number of piperidine rings is 2. The fraction of sp³-hybridized carbons (Fsp3) is 0.462. The lowest BCUT2D eigenvalue weighted by Gasteiger charge is -2.30. The van der Waals surface area contributed by atoms with Gasteiger partial charge in [0.15, 0.2) is 11.5 Å². The third-order valence-corrected chi connectivity index (χ3v) is 8.71. The molecule has 0 radical (unpaired) electrons. The van der Waals surface area contributed by atoms with Crippen LogP contribution in [0, 0.1) is 23.7 Å². The predicted molar refractivity (Wildman–Crippen MR) is 125 cm³/mol. The lowest BCUT2D eigenvalue weighted by atomic mass is 9.85. The highest BCUT2D eigenvalue weighted by atomic mass is 19.4. The second-order valence-electron chi connectivity index (χ2n) is 10.9. The molecule has 184 valence electrons. The lowest BCUT2D eigenvalue weighted by Crippen LogP contribution is -2.38. The number of imidazole rings is 1. The van der Waals surface area contributed by atoms with Crippen molar-refractivity contribution < 1.29 is 18.0 Å². The van der Waals surface area contributed by atoms with Crippen LogP contribution >= 0.6 is 0 Å². The molecular weight excluding hydrogens is 469 g/mol. The van der Waals surface area contributed by atoms with Crippen molar-refractivity contribution in [2.75, 3.05) is 6.54 Å². The molecule has 5 heterocycles. The molecule has 4 fully saturated rings. The van der Waals surface area contributed by atoms with Crippen LogP contribution in [0.4, 0.5) is 13.2 Å². The van der Waals surface area contributed by atoms with E-state index in [0.717, 1.165) is 25.5 Å². The first-order chi connectivity index (χ1) is 17.3.